The normalized spacial score (nSPS) is 11.8. The Kier molecular flexibility index (Phi) is 9.75. The van der Waals surface area contributed by atoms with Crippen molar-refractivity contribution in [3.63, 3.8) is 0 Å². The van der Waals surface area contributed by atoms with E-state index >= 15 is 0 Å². The first-order chi connectivity index (χ1) is 13.5. The first kappa shape index (κ1) is 23.2. The third-order valence-corrected chi connectivity index (χ3v) is 10.4. The molecule has 0 aliphatic carbocycles. The summed E-state index contributed by atoms with van der Waals surface area (Å²) in [6, 6.07) is 2.25. The summed E-state index contributed by atoms with van der Waals surface area (Å²) in [5.74, 6) is 0.722. The summed E-state index contributed by atoms with van der Waals surface area (Å²) in [5.41, 5.74) is 2.01. The molecule has 2 heterocycles. The SMILES string of the molecule is CCCC[C](CCCC)(CCCC)[Sn][c]1cc(C)nc(Nc2cnn(C)c2)n1. The first-order valence-electron chi connectivity index (χ1n) is 10.9. The molecule has 0 saturated carbocycles. The van der Waals surface area contributed by atoms with Crippen LogP contribution in [0.15, 0.2) is 18.5 Å². The summed E-state index contributed by atoms with van der Waals surface area (Å²) >= 11 is -0.853. The van der Waals surface area contributed by atoms with Gasteiger partial charge in [0.05, 0.1) is 0 Å². The fraction of sp³-hybridized carbons (Fsp3) is 0.682. The van der Waals surface area contributed by atoms with E-state index in [0.29, 0.717) is 3.43 Å². The number of hydrogen-bond acceptors (Lipinski definition) is 4. The van der Waals surface area contributed by atoms with Gasteiger partial charge in [0.25, 0.3) is 0 Å². The van der Waals surface area contributed by atoms with Crippen LogP contribution in [0.4, 0.5) is 11.6 Å². The van der Waals surface area contributed by atoms with E-state index in [1.165, 1.54) is 61.5 Å². The van der Waals surface area contributed by atoms with E-state index in [-0.39, 0.29) is 0 Å². The van der Waals surface area contributed by atoms with Gasteiger partial charge in [-0.2, -0.15) is 0 Å². The third kappa shape index (κ3) is 7.37. The van der Waals surface area contributed by atoms with Gasteiger partial charge in [0.2, 0.25) is 0 Å². The zero-order valence-electron chi connectivity index (χ0n) is 18.4. The molecule has 2 aromatic rings. The van der Waals surface area contributed by atoms with Crippen LogP contribution in [0, 0.1) is 6.92 Å². The van der Waals surface area contributed by atoms with E-state index in [0.717, 1.165) is 17.3 Å². The zero-order chi connectivity index (χ0) is 20.4. The topological polar surface area (TPSA) is 55.6 Å². The molecule has 0 aliphatic rings. The molecule has 0 atom stereocenters. The summed E-state index contributed by atoms with van der Waals surface area (Å²) in [6.45, 7) is 9.05. The Morgan fingerprint density at radius 2 is 1.61 bits per heavy atom. The van der Waals surface area contributed by atoms with Crippen LogP contribution in [-0.2, 0) is 7.05 Å². The maximum absolute atomic E-state index is 4.96. The fourth-order valence-electron chi connectivity index (χ4n) is 3.68. The van der Waals surface area contributed by atoms with Crippen LogP contribution in [0.3, 0.4) is 0 Å². The fourth-order valence-corrected chi connectivity index (χ4v) is 9.08. The number of anilines is 2. The third-order valence-electron chi connectivity index (χ3n) is 5.24. The van der Waals surface area contributed by atoms with Crippen molar-refractivity contribution in [3.05, 3.63) is 24.2 Å². The summed E-state index contributed by atoms with van der Waals surface area (Å²) in [7, 11) is 1.92. The molecule has 2 radical (unpaired) electrons. The molecule has 1 N–H and O–H groups in total. The Morgan fingerprint density at radius 1 is 1.00 bits per heavy atom. The molecule has 0 spiro atoms. The number of aromatic nitrogens is 4. The van der Waals surface area contributed by atoms with Crippen molar-refractivity contribution in [2.24, 2.45) is 7.05 Å². The van der Waals surface area contributed by atoms with Crippen LogP contribution in [-0.4, -0.2) is 40.9 Å². The van der Waals surface area contributed by atoms with Gasteiger partial charge in [-0.05, 0) is 0 Å². The van der Waals surface area contributed by atoms with Crippen molar-refractivity contribution < 1.29 is 0 Å². The number of aryl methyl sites for hydroxylation is 2. The number of hydrogen-bond donors (Lipinski definition) is 1. The van der Waals surface area contributed by atoms with Crippen molar-refractivity contribution in [1.82, 2.24) is 19.7 Å². The minimum atomic E-state index is -0.853. The summed E-state index contributed by atoms with van der Waals surface area (Å²) in [6.07, 6.45) is 15.8. The monoisotopic (exact) mass is 491 g/mol. The molecular weight excluding hydrogens is 453 g/mol. The average molecular weight is 490 g/mol. The van der Waals surface area contributed by atoms with Crippen LogP contribution in [0.2, 0.25) is 3.43 Å². The molecule has 2 aromatic heterocycles. The van der Waals surface area contributed by atoms with E-state index in [4.69, 9.17) is 4.98 Å². The Hall–Kier alpha value is -1.11. The van der Waals surface area contributed by atoms with Crippen molar-refractivity contribution in [2.45, 2.75) is 88.9 Å². The second-order valence-corrected chi connectivity index (χ2v) is 13.2. The van der Waals surface area contributed by atoms with Crippen molar-refractivity contribution in [2.75, 3.05) is 5.32 Å². The van der Waals surface area contributed by atoms with Crippen LogP contribution >= 0.6 is 0 Å². The average Bonchev–Trinajstić information content (AvgIpc) is 3.07. The van der Waals surface area contributed by atoms with Gasteiger partial charge in [-0.25, -0.2) is 0 Å². The van der Waals surface area contributed by atoms with Gasteiger partial charge < -0.3 is 0 Å². The Labute approximate surface area is 181 Å². The van der Waals surface area contributed by atoms with E-state index in [1.54, 1.807) is 4.68 Å². The van der Waals surface area contributed by atoms with Crippen LogP contribution in [0.25, 0.3) is 0 Å². The van der Waals surface area contributed by atoms with Crippen molar-refractivity contribution in [3.8, 4) is 0 Å². The van der Waals surface area contributed by atoms with E-state index in [2.05, 4.69) is 49.2 Å². The minimum absolute atomic E-state index is 0.539. The molecule has 0 amide bonds. The molecule has 0 aliphatic heterocycles. The summed E-state index contributed by atoms with van der Waals surface area (Å²) in [5, 5.41) is 7.57. The molecule has 0 fully saturated rings. The Bertz CT molecular complexity index is 691. The van der Waals surface area contributed by atoms with Gasteiger partial charge in [-0.15, -0.1) is 0 Å². The molecule has 0 saturated heterocycles. The molecule has 0 aromatic carbocycles. The predicted octanol–water partition coefficient (Wildman–Crippen LogP) is 5.32. The molecule has 0 unspecified atom stereocenters. The van der Waals surface area contributed by atoms with Crippen LogP contribution in [0.1, 0.15) is 84.3 Å². The van der Waals surface area contributed by atoms with E-state index in [9.17, 15) is 0 Å². The van der Waals surface area contributed by atoms with Crippen LogP contribution in [0.5, 0.6) is 0 Å². The maximum atomic E-state index is 4.96. The molecule has 0 bridgehead atoms. The quantitative estimate of drug-likeness (QED) is 0.387. The summed E-state index contributed by atoms with van der Waals surface area (Å²) < 4.78 is 3.67. The predicted molar refractivity (Wildman–Crippen MR) is 120 cm³/mol. The van der Waals surface area contributed by atoms with Gasteiger partial charge in [-0.3, -0.25) is 0 Å². The van der Waals surface area contributed by atoms with Crippen LogP contribution < -0.4 is 9.03 Å². The summed E-state index contributed by atoms with van der Waals surface area (Å²) in [4.78, 5) is 9.59. The molecular formula is C22H37N5Sn. The first-order valence-corrected chi connectivity index (χ1v) is 13.7. The van der Waals surface area contributed by atoms with E-state index in [1.807, 2.05) is 19.4 Å². The Morgan fingerprint density at radius 3 is 2.11 bits per heavy atom. The van der Waals surface area contributed by atoms with Gasteiger partial charge >= 0.3 is 182 Å². The number of nitrogens with one attached hydrogen (secondary N) is 1. The molecule has 2 rings (SSSR count). The molecule has 154 valence electrons. The zero-order valence-corrected chi connectivity index (χ0v) is 21.2. The van der Waals surface area contributed by atoms with Crippen molar-refractivity contribution >= 4 is 36.5 Å². The molecule has 6 heteroatoms. The van der Waals surface area contributed by atoms with Crippen molar-refractivity contribution in [1.29, 1.82) is 0 Å². The van der Waals surface area contributed by atoms with Gasteiger partial charge in [0.15, 0.2) is 0 Å². The van der Waals surface area contributed by atoms with E-state index < -0.39 is 21.1 Å². The Balaban J connectivity index is 2.24. The van der Waals surface area contributed by atoms with Gasteiger partial charge in [-0.1, -0.05) is 0 Å². The standard InChI is InChI=1S/C13H27.C9H10N5.Sn/c1-4-7-10-13(11-8-5-2)12-9-6-3;1-7-3-4-10-9(12-7)13-8-5-11-14(2)6-8;/h4-12H2,1-3H3;3,5-6H,1-2H3,(H,10,12,13);. The number of nitrogens with zero attached hydrogens (tertiary/aromatic N) is 4. The molecule has 5 nitrogen and oxygen atoms in total. The molecule has 28 heavy (non-hydrogen) atoms. The second-order valence-electron chi connectivity index (χ2n) is 7.96. The van der Waals surface area contributed by atoms with Gasteiger partial charge in [0, 0.05) is 0 Å². The van der Waals surface area contributed by atoms with Gasteiger partial charge in [0.1, 0.15) is 0 Å². The number of rotatable bonds is 13. The number of unbranched alkanes of at least 4 members (excludes halogenated alkanes) is 3. The second kappa shape index (κ2) is 11.8.